The maximum absolute atomic E-state index is 12.9. The van der Waals surface area contributed by atoms with Crippen LogP contribution in [0.25, 0.3) is 0 Å². The summed E-state index contributed by atoms with van der Waals surface area (Å²) in [6.45, 7) is 3.97. The fourth-order valence-electron chi connectivity index (χ4n) is 7.50. The SMILES string of the molecule is CCCCCCC/C=C\C/C=C\C/C=C\CCCCCCCCCOCC(COC1OC(CO)C(O)C(OS(=O)(=O)O)C1O)OC(=O)CCCCCCCCCCCCCCC. The number of rotatable bonds is 43. The maximum atomic E-state index is 12.9. The van der Waals surface area contributed by atoms with Crippen molar-refractivity contribution in [1.29, 1.82) is 0 Å². The summed E-state index contributed by atoms with van der Waals surface area (Å²) in [7, 11) is -5.06. The summed E-state index contributed by atoms with van der Waals surface area (Å²) >= 11 is 0. The van der Waals surface area contributed by atoms with Gasteiger partial charge in [-0.1, -0.05) is 185 Å². The Labute approximate surface area is 377 Å². The van der Waals surface area contributed by atoms with Crippen LogP contribution in [0.3, 0.4) is 0 Å². The number of esters is 1. The highest BCUT2D eigenvalue weighted by molar-refractivity contribution is 7.80. The Morgan fingerprint density at radius 1 is 0.613 bits per heavy atom. The summed E-state index contributed by atoms with van der Waals surface area (Å²) < 4.78 is 59.1. The first-order chi connectivity index (χ1) is 30.1. The zero-order valence-corrected chi connectivity index (χ0v) is 39.7. The molecule has 0 bridgehead atoms. The molecule has 1 heterocycles. The van der Waals surface area contributed by atoms with E-state index < -0.39 is 59.8 Å². The lowest BCUT2D eigenvalue weighted by atomic mass is 9.99. The molecule has 1 saturated heterocycles. The largest absolute Gasteiger partial charge is 0.457 e. The van der Waals surface area contributed by atoms with Gasteiger partial charge in [-0.2, -0.15) is 8.42 Å². The lowest BCUT2D eigenvalue weighted by Crippen LogP contribution is -2.60. The van der Waals surface area contributed by atoms with Gasteiger partial charge in [-0.15, -0.1) is 0 Å². The second kappa shape index (κ2) is 40.8. The number of carbonyl (C=O) groups excluding carboxylic acids is 1. The molecule has 6 unspecified atom stereocenters. The van der Waals surface area contributed by atoms with E-state index in [-0.39, 0.29) is 19.6 Å². The number of aliphatic hydroxyl groups is 3. The van der Waals surface area contributed by atoms with Crippen molar-refractivity contribution in [2.24, 2.45) is 0 Å². The highest BCUT2D eigenvalue weighted by Gasteiger charge is 2.48. The second-order valence-electron chi connectivity index (χ2n) is 17.1. The van der Waals surface area contributed by atoms with Crippen molar-refractivity contribution in [2.45, 2.75) is 243 Å². The van der Waals surface area contributed by atoms with E-state index >= 15 is 0 Å². The molecule has 0 aromatic carbocycles. The molecule has 0 aromatic heterocycles. The van der Waals surface area contributed by atoms with Crippen LogP contribution in [-0.2, 0) is 38.3 Å². The van der Waals surface area contributed by atoms with E-state index in [0.29, 0.717) is 13.0 Å². The molecule has 0 saturated carbocycles. The smallest absolute Gasteiger partial charge is 0.397 e. The number of carbonyl (C=O) groups is 1. The van der Waals surface area contributed by atoms with Crippen molar-refractivity contribution < 1.29 is 56.2 Å². The van der Waals surface area contributed by atoms with Crippen LogP contribution >= 0.6 is 0 Å². The summed E-state index contributed by atoms with van der Waals surface area (Å²) in [6, 6.07) is 0. The first kappa shape index (κ1) is 58.3. The maximum Gasteiger partial charge on any atom is 0.397 e. The van der Waals surface area contributed by atoms with Crippen molar-refractivity contribution in [3.63, 3.8) is 0 Å². The Morgan fingerprint density at radius 2 is 1.06 bits per heavy atom. The van der Waals surface area contributed by atoms with E-state index in [1.807, 2.05) is 0 Å². The molecule has 0 spiro atoms. The summed E-state index contributed by atoms with van der Waals surface area (Å²) in [4.78, 5) is 12.9. The standard InChI is InChI=1S/C49H90O12S/c1-3-5-7-9-11-13-15-17-18-19-20-21-22-23-24-25-27-29-31-33-35-37-39-57-41-43(42-58-49-47(53)48(61-62(54,55)56)46(52)44(40-50)60-49)59-45(51)38-36-34-32-30-28-26-16-14-12-10-8-6-4-2/h15,17,19-20,22-23,43-44,46-50,52-53H,3-14,16,18,21,24-42H2,1-2H3,(H,54,55,56)/b17-15-,20-19-,23-22-. The summed E-state index contributed by atoms with van der Waals surface area (Å²) in [5.74, 6) is -0.402. The Morgan fingerprint density at radius 3 is 1.55 bits per heavy atom. The minimum absolute atomic E-state index is 0.0315. The van der Waals surface area contributed by atoms with Crippen LogP contribution in [0, 0.1) is 0 Å². The number of hydrogen-bond donors (Lipinski definition) is 4. The molecule has 1 fully saturated rings. The number of aliphatic hydroxyl groups excluding tert-OH is 3. The highest BCUT2D eigenvalue weighted by Crippen LogP contribution is 2.26. The normalized spacial score (nSPS) is 20.3. The van der Waals surface area contributed by atoms with Crippen LogP contribution in [0.5, 0.6) is 0 Å². The number of allylic oxidation sites excluding steroid dienone is 6. The van der Waals surface area contributed by atoms with Crippen LogP contribution in [-0.4, -0.2) is 97.5 Å². The van der Waals surface area contributed by atoms with Gasteiger partial charge in [0.05, 0.1) is 19.8 Å². The average Bonchev–Trinajstić information content (AvgIpc) is 3.24. The first-order valence-electron chi connectivity index (χ1n) is 24.7. The van der Waals surface area contributed by atoms with E-state index in [9.17, 15) is 33.1 Å². The number of unbranched alkanes of at least 4 members (excludes halogenated alkanes) is 24. The molecule has 12 nitrogen and oxygen atoms in total. The Kier molecular flexibility index (Phi) is 38.4. The summed E-state index contributed by atoms with van der Waals surface area (Å²) in [5, 5.41) is 30.7. The van der Waals surface area contributed by atoms with Gasteiger partial charge in [0.15, 0.2) is 6.29 Å². The van der Waals surface area contributed by atoms with Gasteiger partial charge in [0.1, 0.15) is 30.5 Å². The minimum Gasteiger partial charge on any atom is -0.457 e. The molecule has 13 heteroatoms. The van der Waals surface area contributed by atoms with Crippen molar-refractivity contribution in [3.05, 3.63) is 36.5 Å². The predicted octanol–water partition coefficient (Wildman–Crippen LogP) is 11.0. The second-order valence-corrected chi connectivity index (χ2v) is 18.1. The van der Waals surface area contributed by atoms with Gasteiger partial charge in [-0.3, -0.25) is 9.35 Å². The summed E-state index contributed by atoms with van der Waals surface area (Å²) in [6.07, 6.45) is 38.9. The van der Waals surface area contributed by atoms with Crippen LogP contribution in [0.15, 0.2) is 36.5 Å². The molecule has 0 aliphatic carbocycles. The van der Waals surface area contributed by atoms with Crippen LogP contribution < -0.4 is 0 Å². The highest BCUT2D eigenvalue weighted by atomic mass is 32.3. The number of ether oxygens (including phenoxy) is 4. The van der Waals surface area contributed by atoms with Gasteiger partial charge in [0, 0.05) is 13.0 Å². The molecule has 1 aliphatic rings. The van der Waals surface area contributed by atoms with Gasteiger partial charge < -0.3 is 34.3 Å². The van der Waals surface area contributed by atoms with Gasteiger partial charge >= 0.3 is 16.4 Å². The molecule has 0 radical (unpaired) electrons. The first-order valence-corrected chi connectivity index (χ1v) is 26.1. The Balaban J connectivity index is 2.37. The topological polar surface area (TPSA) is 178 Å². The van der Waals surface area contributed by atoms with Gasteiger partial charge in [-0.25, -0.2) is 4.18 Å². The molecule has 1 aliphatic heterocycles. The fourth-order valence-corrected chi connectivity index (χ4v) is 8.01. The van der Waals surface area contributed by atoms with E-state index in [2.05, 4.69) is 54.5 Å². The third kappa shape index (κ3) is 33.8. The van der Waals surface area contributed by atoms with E-state index in [4.69, 9.17) is 18.9 Å². The molecule has 1 rings (SSSR count). The van der Waals surface area contributed by atoms with E-state index in [0.717, 1.165) is 57.8 Å². The van der Waals surface area contributed by atoms with E-state index in [1.54, 1.807) is 0 Å². The van der Waals surface area contributed by atoms with Crippen molar-refractivity contribution in [3.8, 4) is 0 Å². The predicted molar refractivity (Wildman–Crippen MR) is 248 cm³/mol. The van der Waals surface area contributed by atoms with Crippen LogP contribution in [0.2, 0.25) is 0 Å². The zero-order valence-electron chi connectivity index (χ0n) is 38.9. The third-order valence-electron chi connectivity index (χ3n) is 11.3. The van der Waals surface area contributed by atoms with Crippen LogP contribution in [0.4, 0.5) is 0 Å². The van der Waals surface area contributed by atoms with Crippen LogP contribution in [0.1, 0.15) is 206 Å². The molecule has 4 N–H and O–H groups in total. The Bertz CT molecular complexity index is 1230. The number of hydrogen-bond acceptors (Lipinski definition) is 11. The lowest BCUT2D eigenvalue weighted by Gasteiger charge is -2.41. The molecule has 62 heavy (non-hydrogen) atoms. The fraction of sp³-hybridized carbons (Fsp3) is 0.857. The van der Waals surface area contributed by atoms with Gasteiger partial charge in [-0.05, 0) is 51.4 Å². The van der Waals surface area contributed by atoms with Gasteiger partial charge in [0.2, 0.25) is 0 Å². The molecule has 6 atom stereocenters. The van der Waals surface area contributed by atoms with E-state index in [1.165, 1.54) is 122 Å². The van der Waals surface area contributed by atoms with Gasteiger partial charge in [0.25, 0.3) is 0 Å². The zero-order chi connectivity index (χ0) is 45.4. The monoisotopic (exact) mass is 903 g/mol. The molecular formula is C49H90O12S. The quantitative estimate of drug-likeness (QED) is 0.0197. The molecule has 364 valence electrons. The Hall–Kier alpha value is -1.68. The summed E-state index contributed by atoms with van der Waals surface area (Å²) in [5.41, 5.74) is 0. The van der Waals surface area contributed by atoms with Crippen molar-refractivity contribution >= 4 is 16.4 Å². The minimum atomic E-state index is -5.06. The molecule has 0 aromatic rings. The average molecular weight is 903 g/mol. The lowest BCUT2D eigenvalue weighted by molar-refractivity contribution is -0.301. The third-order valence-corrected chi connectivity index (χ3v) is 11.7. The van der Waals surface area contributed by atoms with Crippen molar-refractivity contribution in [2.75, 3.05) is 26.4 Å². The van der Waals surface area contributed by atoms with Crippen molar-refractivity contribution in [1.82, 2.24) is 0 Å². The molecule has 0 amide bonds. The molecular weight excluding hydrogens is 813 g/mol.